The Balaban J connectivity index is 2.25. The van der Waals surface area contributed by atoms with Crippen LogP contribution in [0.25, 0.3) is 0 Å². The molecule has 0 saturated carbocycles. The quantitative estimate of drug-likeness (QED) is 0.863. The lowest BCUT2D eigenvalue weighted by Crippen LogP contribution is -2.27. The zero-order chi connectivity index (χ0) is 15.1. The molecule has 7 heteroatoms. The van der Waals surface area contributed by atoms with Crippen LogP contribution in [0, 0.1) is 11.3 Å². The normalized spacial score (nSPS) is 20.5. The molecule has 112 valence electrons. The molecule has 1 aromatic rings. The smallest absolute Gasteiger partial charge is 0.368 e. The number of nitrogens with two attached hydrogens (primary N) is 1. The van der Waals surface area contributed by atoms with Gasteiger partial charge in [0.25, 0.3) is 0 Å². The van der Waals surface area contributed by atoms with Crippen molar-refractivity contribution in [3.05, 3.63) is 11.8 Å². The van der Waals surface area contributed by atoms with Crippen LogP contribution in [0.2, 0.25) is 0 Å². The van der Waals surface area contributed by atoms with E-state index in [0.29, 0.717) is 19.0 Å². The van der Waals surface area contributed by atoms with Crippen molar-refractivity contribution in [2.45, 2.75) is 33.4 Å². The number of hydrogen-bond acceptors (Lipinski definition) is 4. The van der Waals surface area contributed by atoms with Crippen molar-refractivity contribution in [2.24, 2.45) is 11.3 Å². The van der Waals surface area contributed by atoms with Crippen molar-refractivity contribution >= 4 is 11.8 Å². The second-order valence-electron chi connectivity index (χ2n) is 6.26. The van der Waals surface area contributed by atoms with Crippen molar-refractivity contribution in [1.82, 2.24) is 9.97 Å². The van der Waals surface area contributed by atoms with Gasteiger partial charge < -0.3 is 10.6 Å². The predicted octanol–water partition coefficient (Wildman–Crippen LogP) is 2.95. The van der Waals surface area contributed by atoms with Crippen LogP contribution in [-0.4, -0.2) is 23.1 Å². The number of halogens is 3. The van der Waals surface area contributed by atoms with Crippen molar-refractivity contribution in [1.29, 1.82) is 0 Å². The van der Waals surface area contributed by atoms with Crippen molar-refractivity contribution in [2.75, 3.05) is 23.7 Å². The molecule has 1 saturated heterocycles. The van der Waals surface area contributed by atoms with E-state index in [0.717, 1.165) is 12.5 Å². The predicted molar refractivity (Wildman–Crippen MR) is 71.2 cm³/mol. The van der Waals surface area contributed by atoms with Crippen LogP contribution >= 0.6 is 0 Å². The second kappa shape index (κ2) is 4.79. The third kappa shape index (κ3) is 3.13. The van der Waals surface area contributed by atoms with Crippen LogP contribution in [-0.2, 0) is 6.18 Å². The van der Waals surface area contributed by atoms with Crippen LogP contribution in [0.1, 0.15) is 32.9 Å². The fraction of sp³-hybridized carbons (Fsp3) is 0.692. The molecule has 2 heterocycles. The van der Waals surface area contributed by atoms with Gasteiger partial charge in [0.15, 0.2) is 5.69 Å². The van der Waals surface area contributed by atoms with Gasteiger partial charge in [0.05, 0.1) is 0 Å². The largest absolute Gasteiger partial charge is 0.433 e. The minimum Gasteiger partial charge on any atom is -0.368 e. The van der Waals surface area contributed by atoms with Gasteiger partial charge in [-0.05, 0) is 17.8 Å². The number of hydrogen-bond donors (Lipinski definition) is 1. The Morgan fingerprint density at radius 1 is 1.25 bits per heavy atom. The zero-order valence-electron chi connectivity index (χ0n) is 11.8. The summed E-state index contributed by atoms with van der Waals surface area (Å²) in [5, 5.41) is 0. The summed E-state index contributed by atoms with van der Waals surface area (Å²) in [7, 11) is 0. The first-order chi connectivity index (χ1) is 9.07. The molecular weight excluding hydrogens is 269 g/mol. The van der Waals surface area contributed by atoms with Crippen molar-refractivity contribution < 1.29 is 13.2 Å². The topological polar surface area (TPSA) is 55.0 Å². The Morgan fingerprint density at radius 3 is 2.40 bits per heavy atom. The molecule has 1 aliphatic rings. The summed E-state index contributed by atoms with van der Waals surface area (Å²) in [4.78, 5) is 9.05. The molecule has 1 fully saturated rings. The number of rotatable bonds is 1. The van der Waals surface area contributed by atoms with Crippen LogP contribution < -0.4 is 10.6 Å². The Labute approximate surface area is 116 Å². The summed E-state index contributed by atoms with van der Waals surface area (Å²) >= 11 is 0. The fourth-order valence-corrected chi connectivity index (χ4v) is 2.44. The van der Waals surface area contributed by atoms with Crippen LogP contribution in [0.3, 0.4) is 0 Å². The molecule has 0 amide bonds. The molecule has 2 N–H and O–H groups in total. The van der Waals surface area contributed by atoms with E-state index in [4.69, 9.17) is 5.73 Å². The van der Waals surface area contributed by atoms with Gasteiger partial charge in [0, 0.05) is 19.2 Å². The van der Waals surface area contributed by atoms with Gasteiger partial charge in [-0.2, -0.15) is 18.2 Å². The number of alkyl halides is 3. The van der Waals surface area contributed by atoms with Gasteiger partial charge in [-0.1, -0.05) is 20.8 Å². The summed E-state index contributed by atoms with van der Waals surface area (Å²) in [5.74, 6) is 0.346. The van der Waals surface area contributed by atoms with Gasteiger partial charge in [-0.15, -0.1) is 0 Å². The van der Waals surface area contributed by atoms with E-state index in [2.05, 4.69) is 30.7 Å². The van der Waals surface area contributed by atoms with E-state index in [1.165, 1.54) is 0 Å². The Bertz CT molecular complexity index is 493. The van der Waals surface area contributed by atoms with E-state index < -0.39 is 11.9 Å². The average Bonchev–Trinajstić information content (AvgIpc) is 2.75. The number of aromatic nitrogens is 2. The molecular formula is C13H19F3N4. The number of anilines is 2. The molecule has 1 unspecified atom stereocenters. The van der Waals surface area contributed by atoms with E-state index in [-0.39, 0.29) is 17.2 Å². The third-order valence-electron chi connectivity index (χ3n) is 3.76. The van der Waals surface area contributed by atoms with E-state index >= 15 is 0 Å². The first kappa shape index (κ1) is 14.9. The van der Waals surface area contributed by atoms with Crippen LogP contribution in [0.5, 0.6) is 0 Å². The minimum absolute atomic E-state index is 0.125. The molecule has 2 rings (SSSR count). The molecule has 20 heavy (non-hydrogen) atoms. The summed E-state index contributed by atoms with van der Waals surface area (Å²) in [6, 6.07) is 0.974. The average molecular weight is 288 g/mol. The lowest BCUT2D eigenvalue weighted by molar-refractivity contribution is -0.141. The standard InChI is InChI=1S/C13H19F3N4/c1-12(2,3)8-4-5-20(7-8)10-6-9(13(14,15)16)18-11(17)19-10/h6,8H,4-5,7H2,1-3H3,(H2,17,18,19). The third-order valence-corrected chi connectivity index (χ3v) is 3.76. The molecule has 0 radical (unpaired) electrons. The molecule has 1 aliphatic heterocycles. The summed E-state index contributed by atoms with van der Waals surface area (Å²) < 4.78 is 38.2. The maximum atomic E-state index is 12.7. The van der Waals surface area contributed by atoms with Crippen LogP contribution in [0.4, 0.5) is 24.9 Å². The highest BCUT2D eigenvalue weighted by atomic mass is 19.4. The summed E-state index contributed by atoms with van der Waals surface area (Å²) in [6.45, 7) is 7.79. The second-order valence-corrected chi connectivity index (χ2v) is 6.26. The highest BCUT2D eigenvalue weighted by Crippen LogP contribution is 2.36. The monoisotopic (exact) mass is 288 g/mol. The lowest BCUT2D eigenvalue weighted by Gasteiger charge is -2.27. The maximum Gasteiger partial charge on any atom is 0.433 e. The maximum absolute atomic E-state index is 12.7. The van der Waals surface area contributed by atoms with E-state index in [1.54, 1.807) is 0 Å². The van der Waals surface area contributed by atoms with Gasteiger partial charge in [-0.25, -0.2) is 4.98 Å². The van der Waals surface area contributed by atoms with Crippen molar-refractivity contribution in [3.8, 4) is 0 Å². The first-order valence-electron chi connectivity index (χ1n) is 6.54. The molecule has 0 bridgehead atoms. The summed E-state index contributed by atoms with van der Waals surface area (Å²) in [5.41, 5.74) is 4.53. The SMILES string of the molecule is CC(C)(C)C1CCN(c2cc(C(F)(F)F)nc(N)n2)C1. The molecule has 1 aromatic heterocycles. The lowest BCUT2D eigenvalue weighted by atomic mass is 9.80. The Hall–Kier alpha value is -1.53. The van der Waals surface area contributed by atoms with Gasteiger partial charge in [0.2, 0.25) is 5.95 Å². The zero-order valence-corrected chi connectivity index (χ0v) is 11.8. The van der Waals surface area contributed by atoms with Crippen molar-refractivity contribution in [3.63, 3.8) is 0 Å². The molecule has 0 aliphatic carbocycles. The van der Waals surface area contributed by atoms with Gasteiger partial charge in [-0.3, -0.25) is 0 Å². The Kier molecular flexibility index (Phi) is 3.56. The molecule has 0 spiro atoms. The minimum atomic E-state index is -4.50. The first-order valence-corrected chi connectivity index (χ1v) is 6.54. The van der Waals surface area contributed by atoms with E-state index in [9.17, 15) is 13.2 Å². The fourth-order valence-electron chi connectivity index (χ4n) is 2.44. The highest BCUT2D eigenvalue weighted by molar-refractivity contribution is 5.45. The highest BCUT2D eigenvalue weighted by Gasteiger charge is 2.36. The van der Waals surface area contributed by atoms with Crippen LogP contribution in [0.15, 0.2) is 6.07 Å². The number of nitrogen functional groups attached to an aromatic ring is 1. The van der Waals surface area contributed by atoms with Gasteiger partial charge >= 0.3 is 6.18 Å². The van der Waals surface area contributed by atoms with Gasteiger partial charge in [0.1, 0.15) is 5.82 Å². The molecule has 0 aromatic carbocycles. The number of nitrogens with zero attached hydrogens (tertiary/aromatic N) is 3. The molecule has 1 atom stereocenters. The van der Waals surface area contributed by atoms with E-state index in [1.807, 2.05) is 4.90 Å². The Morgan fingerprint density at radius 2 is 1.90 bits per heavy atom. The summed E-state index contributed by atoms with van der Waals surface area (Å²) in [6.07, 6.45) is -3.57. The molecule has 4 nitrogen and oxygen atoms in total.